The highest BCUT2D eigenvalue weighted by Crippen LogP contribution is 2.26. The number of phenols is 1. The molecule has 0 spiro atoms. The Balaban J connectivity index is 2.79. The molecule has 1 unspecified atom stereocenters. The summed E-state index contributed by atoms with van der Waals surface area (Å²) in [4.78, 5) is 11.4. The first-order valence-electron chi connectivity index (χ1n) is 6.16. The Hall–Kier alpha value is -1.77. The van der Waals surface area contributed by atoms with Crippen molar-refractivity contribution in [2.24, 2.45) is 0 Å². The summed E-state index contributed by atoms with van der Waals surface area (Å²) in [6, 6.07) is 5.42. The highest BCUT2D eigenvalue weighted by molar-refractivity contribution is 5.70. The minimum absolute atomic E-state index is 0.0771. The molecule has 0 saturated carbocycles. The lowest BCUT2D eigenvalue weighted by Gasteiger charge is -2.13. The third-order valence-corrected chi connectivity index (χ3v) is 2.82. The zero-order valence-electron chi connectivity index (χ0n) is 11.0. The Morgan fingerprint density at radius 3 is 2.89 bits per heavy atom. The van der Waals surface area contributed by atoms with E-state index in [1.807, 2.05) is 19.1 Å². The van der Waals surface area contributed by atoms with Gasteiger partial charge in [0.2, 0.25) is 0 Å². The largest absolute Gasteiger partial charge is 0.508 e. The van der Waals surface area contributed by atoms with Gasteiger partial charge in [-0.2, -0.15) is 0 Å². The van der Waals surface area contributed by atoms with E-state index >= 15 is 0 Å². The van der Waals surface area contributed by atoms with E-state index in [4.69, 9.17) is 4.74 Å². The molecule has 0 aliphatic heterocycles. The van der Waals surface area contributed by atoms with Gasteiger partial charge in [0.1, 0.15) is 5.75 Å². The number of ether oxygens (including phenoxy) is 1. The van der Waals surface area contributed by atoms with Gasteiger partial charge in [0, 0.05) is 0 Å². The molecular weight excluding hydrogens is 228 g/mol. The second-order valence-corrected chi connectivity index (χ2v) is 4.29. The highest BCUT2D eigenvalue weighted by atomic mass is 16.5. The molecule has 1 rings (SSSR count). The summed E-state index contributed by atoms with van der Waals surface area (Å²) >= 11 is 0. The molecule has 0 aliphatic carbocycles. The van der Waals surface area contributed by atoms with E-state index in [0.717, 1.165) is 11.1 Å². The van der Waals surface area contributed by atoms with Crippen molar-refractivity contribution in [1.82, 2.24) is 0 Å². The summed E-state index contributed by atoms with van der Waals surface area (Å²) in [7, 11) is 0. The van der Waals surface area contributed by atoms with Crippen molar-refractivity contribution in [1.29, 1.82) is 0 Å². The number of aromatic hydroxyl groups is 1. The van der Waals surface area contributed by atoms with Crippen molar-refractivity contribution in [3.8, 4) is 5.75 Å². The number of hydrogen-bond donors (Lipinski definition) is 1. The quantitative estimate of drug-likeness (QED) is 0.621. The molecule has 1 N–H and O–H groups in total. The predicted octanol–water partition coefficient (Wildman–Crippen LogP) is 3.18. The molecule has 0 radical (unpaired) electrons. The summed E-state index contributed by atoms with van der Waals surface area (Å²) in [5.74, 6) is 0.151. The van der Waals surface area contributed by atoms with E-state index in [1.165, 1.54) is 0 Å². The summed E-state index contributed by atoms with van der Waals surface area (Å²) in [5, 5.41) is 9.67. The smallest absolute Gasteiger partial charge is 0.306 e. The summed E-state index contributed by atoms with van der Waals surface area (Å²) in [5.41, 5.74) is 1.86. The van der Waals surface area contributed by atoms with Crippen LogP contribution in [0.4, 0.5) is 0 Å². The topological polar surface area (TPSA) is 46.5 Å². The van der Waals surface area contributed by atoms with Crippen LogP contribution in [0, 0.1) is 0 Å². The second kappa shape index (κ2) is 6.84. The average Bonchev–Trinajstić information content (AvgIpc) is 2.32. The van der Waals surface area contributed by atoms with E-state index < -0.39 is 0 Å². The molecule has 1 aromatic carbocycles. The van der Waals surface area contributed by atoms with Gasteiger partial charge in [0.25, 0.3) is 0 Å². The third kappa shape index (κ3) is 3.91. The fourth-order valence-electron chi connectivity index (χ4n) is 1.82. The molecule has 0 aliphatic rings. The first-order chi connectivity index (χ1) is 8.58. The van der Waals surface area contributed by atoms with Crippen LogP contribution >= 0.6 is 0 Å². The lowest BCUT2D eigenvalue weighted by atomic mass is 9.95. The molecule has 0 bridgehead atoms. The maximum Gasteiger partial charge on any atom is 0.306 e. The van der Waals surface area contributed by atoms with Gasteiger partial charge in [-0.1, -0.05) is 25.1 Å². The number of carbonyl (C=O) groups excluding carboxylic acids is 1. The van der Waals surface area contributed by atoms with Gasteiger partial charge in [-0.3, -0.25) is 4.79 Å². The van der Waals surface area contributed by atoms with Gasteiger partial charge in [-0.25, -0.2) is 0 Å². The molecule has 0 saturated heterocycles. The molecule has 1 aromatic rings. The van der Waals surface area contributed by atoms with Gasteiger partial charge in [-0.05, 0) is 36.5 Å². The average molecular weight is 248 g/mol. The number of esters is 1. The van der Waals surface area contributed by atoms with E-state index in [1.54, 1.807) is 19.1 Å². The minimum atomic E-state index is -0.191. The third-order valence-electron chi connectivity index (χ3n) is 2.82. The fourth-order valence-corrected chi connectivity index (χ4v) is 1.82. The molecule has 18 heavy (non-hydrogen) atoms. The van der Waals surface area contributed by atoms with Crippen LogP contribution in [0.15, 0.2) is 30.9 Å². The van der Waals surface area contributed by atoms with Crippen molar-refractivity contribution in [2.45, 2.75) is 32.6 Å². The molecule has 0 aromatic heterocycles. The molecule has 0 amide bonds. The summed E-state index contributed by atoms with van der Waals surface area (Å²) < 4.78 is 4.93. The number of phenolic OH excluding ortho intramolecular Hbond substituents is 1. The first kappa shape index (κ1) is 14.3. The van der Waals surface area contributed by atoms with Crippen molar-refractivity contribution in [3.05, 3.63) is 42.0 Å². The number of rotatable bonds is 6. The molecule has 3 heteroatoms. The van der Waals surface area contributed by atoms with Gasteiger partial charge < -0.3 is 9.84 Å². The summed E-state index contributed by atoms with van der Waals surface area (Å²) in [6.07, 6.45) is 2.72. The van der Waals surface area contributed by atoms with Gasteiger partial charge in [0.05, 0.1) is 13.0 Å². The van der Waals surface area contributed by atoms with Crippen LogP contribution in [-0.4, -0.2) is 17.7 Å². The van der Waals surface area contributed by atoms with Crippen LogP contribution < -0.4 is 0 Å². The van der Waals surface area contributed by atoms with Crippen LogP contribution in [0.25, 0.3) is 0 Å². The van der Waals surface area contributed by atoms with Crippen molar-refractivity contribution < 1.29 is 14.6 Å². The standard InChI is InChI=1S/C15H20O3/c1-4-6-13-10-12(7-8-14(13)16)11(3)9-15(17)18-5-2/h4,7-8,10-11,16H,1,5-6,9H2,2-3H3. The molecule has 1 atom stereocenters. The van der Waals surface area contributed by atoms with Gasteiger partial charge in [-0.15, -0.1) is 6.58 Å². The van der Waals surface area contributed by atoms with Crippen LogP contribution in [0.1, 0.15) is 37.3 Å². The van der Waals surface area contributed by atoms with Crippen LogP contribution in [0.2, 0.25) is 0 Å². The second-order valence-electron chi connectivity index (χ2n) is 4.29. The van der Waals surface area contributed by atoms with Crippen LogP contribution in [0.5, 0.6) is 5.75 Å². The molecule has 0 heterocycles. The minimum Gasteiger partial charge on any atom is -0.508 e. The SMILES string of the molecule is C=CCc1cc(C(C)CC(=O)OCC)ccc1O. The zero-order valence-corrected chi connectivity index (χ0v) is 11.0. The monoisotopic (exact) mass is 248 g/mol. The Kier molecular flexibility index (Phi) is 5.43. The molecule has 0 fully saturated rings. The molecule has 3 nitrogen and oxygen atoms in total. The number of hydrogen-bond acceptors (Lipinski definition) is 3. The number of benzene rings is 1. The Bertz CT molecular complexity index is 424. The van der Waals surface area contributed by atoms with Crippen molar-refractivity contribution >= 4 is 5.97 Å². The van der Waals surface area contributed by atoms with E-state index in [2.05, 4.69) is 6.58 Å². The van der Waals surface area contributed by atoms with Crippen LogP contribution in [0.3, 0.4) is 0 Å². The van der Waals surface area contributed by atoms with Gasteiger partial charge >= 0.3 is 5.97 Å². The molecule has 98 valence electrons. The lowest BCUT2D eigenvalue weighted by molar-refractivity contribution is -0.143. The maximum atomic E-state index is 11.4. The van der Waals surface area contributed by atoms with E-state index in [9.17, 15) is 9.90 Å². The van der Waals surface area contributed by atoms with E-state index in [0.29, 0.717) is 19.4 Å². The van der Waals surface area contributed by atoms with Crippen molar-refractivity contribution in [2.75, 3.05) is 6.61 Å². The Labute approximate surface area is 108 Å². The summed E-state index contributed by atoms with van der Waals surface area (Å²) in [6.45, 7) is 7.83. The Morgan fingerprint density at radius 2 is 2.28 bits per heavy atom. The molecular formula is C15H20O3. The predicted molar refractivity (Wildman–Crippen MR) is 71.7 cm³/mol. The van der Waals surface area contributed by atoms with Gasteiger partial charge in [0.15, 0.2) is 0 Å². The highest BCUT2D eigenvalue weighted by Gasteiger charge is 2.13. The maximum absolute atomic E-state index is 11.4. The Morgan fingerprint density at radius 1 is 1.56 bits per heavy atom. The van der Waals surface area contributed by atoms with Crippen molar-refractivity contribution in [3.63, 3.8) is 0 Å². The zero-order chi connectivity index (χ0) is 13.5. The number of carbonyl (C=O) groups is 1. The fraction of sp³-hybridized carbons (Fsp3) is 0.400. The first-order valence-corrected chi connectivity index (χ1v) is 6.16. The van der Waals surface area contributed by atoms with E-state index in [-0.39, 0.29) is 17.6 Å². The normalized spacial score (nSPS) is 11.9. The van der Waals surface area contributed by atoms with Crippen LogP contribution in [-0.2, 0) is 16.0 Å². The lowest BCUT2D eigenvalue weighted by Crippen LogP contribution is -2.08. The number of allylic oxidation sites excluding steroid dienone is 1.